The summed E-state index contributed by atoms with van der Waals surface area (Å²) in [6, 6.07) is 13.3. The van der Waals surface area contributed by atoms with Gasteiger partial charge in [0.1, 0.15) is 6.10 Å². The van der Waals surface area contributed by atoms with Crippen LogP contribution in [0, 0.1) is 0 Å². The monoisotopic (exact) mass is 298 g/mol. The lowest BCUT2D eigenvalue weighted by atomic mass is 10.2. The summed E-state index contributed by atoms with van der Waals surface area (Å²) < 4.78 is 5.72. The highest BCUT2D eigenvalue weighted by Gasteiger charge is 2.27. The van der Waals surface area contributed by atoms with Gasteiger partial charge in [0.25, 0.3) is 0 Å². The highest BCUT2D eigenvalue weighted by molar-refractivity contribution is 5.74. The molecule has 1 unspecified atom stereocenters. The maximum atomic E-state index is 12.1. The zero-order valence-electron chi connectivity index (χ0n) is 12.2. The number of hydrogen-bond donors (Lipinski definition) is 1. The van der Waals surface area contributed by atoms with Crippen molar-refractivity contribution in [2.24, 2.45) is 0 Å². The van der Waals surface area contributed by atoms with Crippen LogP contribution in [0.2, 0.25) is 0 Å². The van der Waals surface area contributed by atoms with E-state index in [0.29, 0.717) is 25.5 Å². The molecule has 114 valence electrons. The Morgan fingerprint density at radius 1 is 1.27 bits per heavy atom. The Balaban J connectivity index is 1.46. The van der Waals surface area contributed by atoms with Gasteiger partial charge in [-0.1, -0.05) is 30.3 Å². The molecule has 0 spiro atoms. The highest BCUT2D eigenvalue weighted by Crippen LogP contribution is 2.15. The van der Waals surface area contributed by atoms with Crippen LogP contribution in [-0.4, -0.2) is 40.3 Å². The van der Waals surface area contributed by atoms with Gasteiger partial charge < -0.3 is 15.0 Å². The molecule has 1 aromatic heterocycles. The molecule has 1 aliphatic rings. The van der Waals surface area contributed by atoms with E-state index in [4.69, 9.17) is 4.74 Å². The van der Waals surface area contributed by atoms with Crippen LogP contribution in [0.3, 0.4) is 0 Å². The van der Waals surface area contributed by atoms with Crippen molar-refractivity contribution in [2.45, 2.75) is 19.1 Å². The summed E-state index contributed by atoms with van der Waals surface area (Å²) in [7, 11) is 0. The van der Waals surface area contributed by atoms with Crippen molar-refractivity contribution >= 4 is 6.03 Å². The maximum absolute atomic E-state index is 12.1. The molecule has 1 saturated heterocycles. The minimum absolute atomic E-state index is 0.0285. The van der Waals surface area contributed by atoms with Gasteiger partial charge in [-0.2, -0.15) is 5.10 Å². The molecule has 1 aliphatic heterocycles. The number of aromatic nitrogens is 2. The summed E-state index contributed by atoms with van der Waals surface area (Å²) in [6.45, 7) is 1.79. The normalized spacial score (nSPS) is 17.3. The first-order valence-corrected chi connectivity index (χ1v) is 7.32. The van der Waals surface area contributed by atoms with E-state index in [2.05, 4.69) is 15.5 Å². The fraction of sp³-hybridized carbons (Fsp3) is 0.312. The SMILES string of the molecule is O=C(NCc1ccccc1)N1CCC(Oc2cccnn2)C1. The van der Waals surface area contributed by atoms with Crippen LogP contribution < -0.4 is 10.1 Å². The third-order valence-electron chi connectivity index (χ3n) is 3.55. The Labute approximate surface area is 129 Å². The summed E-state index contributed by atoms with van der Waals surface area (Å²) in [5.74, 6) is 0.499. The molecular formula is C16H18N4O2. The van der Waals surface area contributed by atoms with Crippen LogP contribution >= 0.6 is 0 Å². The van der Waals surface area contributed by atoms with Crippen LogP contribution in [0.25, 0.3) is 0 Å². The third kappa shape index (κ3) is 3.72. The number of carbonyl (C=O) groups excluding carboxylic acids is 1. The summed E-state index contributed by atoms with van der Waals surface area (Å²) in [5.41, 5.74) is 1.09. The lowest BCUT2D eigenvalue weighted by molar-refractivity contribution is 0.182. The number of likely N-dealkylation sites (tertiary alicyclic amines) is 1. The summed E-state index contributed by atoms with van der Waals surface area (Å²) in [4.78, 5) is 13.9. The van der Waals surface area contributed by atoms with Crippen molar-refractivity contribution in [2.75, 3.05) is 13.1 Å². The number of hydrogen-bond acceptors (Lipinski definition) is 4. The number of amides is 2. The Hall–Kier alpha value is -2.63. The molecule has 0 saturated carbocycles. The van der Waals surface area contributed by atoms with Crippen LogP contribution in [-0.2, 0) is 6.54 Å². The lowest BCUT2D eigenvalue weighted by Gasteiger charge is -2.17. The second kappa shape index (κ2) is 6.89. The van der Waals surface area contributed by atoms with E-state index in [-0.39, 0.29) is 12.1 Å². The largest absolute Gasteiger partial charge is 0.471 e. The van der Waals surface area contributed by atoms with E-state index >= 15 is 0 Å². The van der Waals surface area contributed by atoms with Crippen molar-refractivity contribution < 1.29 is 9.53 Å². The maximum Gasteiger partial charge on any atom is 0.317 e. The van der Waals surface area contributed by atoms with E-state index in [1.165, 1.54) is 0 Å². The molecule has 1 atom stereocenters. The Morgan fingerprint density at radius 2 is 2.14 bits per heavy atom. The molecule has 1 N–H and O–H groups in total. The zero-order chi connectivity index (χ0) is 15.2. The standard InChI is InChI=1S/C16H18N4O2/c21-16(17-11-13-5-2-1-3-6-13)20-10-8-14(12-20)22-15-7-4-9-18-19-15/h1-7,9,14H,8,10-12H2,(H,17,21). The Kier molecular flexibility index (Phi) is 4.48. The minimum atomic E-state index is -0.0610. The average molecular weight is 298 g/mol. The topological polar surface area (TPSA) is 67.4 Å². The van der Waals surface area contributed by atoms with Crippen LogP contribution in [0.5, 0.6) is 5.88 Å². The van der Waals surface area contributed by atoms with Crippen LogP contribution in [0.4, 0.5) is 4.79 Å². The molecule has 1 fully saturated rings. The van der Waals surface area contributed by atoms with Gasteiger partial charge in [-0.3, -0.25) is 0 Å². The molecule has 22 heavy (non-hydrogen) atoms. The Morgan fingerprint density at radius 3 is 2.91 bits per heavy atom. The van der Waals surface area contributed by atoms with E-state index in [9.17, 15) is 4.79 Å². The van der Waals surface area contributed by atoms with E-state index in [1.54, 1.807) is 23.2 Å². The zero-order valence-corrected chi connectivity index (χ0v) is 12.2. The van der Waals surface area contributed by atoms with Gasteiger partial charge in [-0.25, -0.2) is 4.79 Å². The molecule has 0 radical (unpaired) electrons. The fourth-order valence-corrected chi connectivity index (χ4v) is 2.42. The second-order valence-electron chi connectivity index (χ2n) is 5.18. The van der Waals surface area contributed by atoms with E-state index < -0.39 is 0 Å². The number of ether oxygens (including phenoxy) is 1. The smallest absolute Gasteiger partial charge is 0.317 e. The molecule has 0 bridgehead atoms. The van der Waals surface area contributed by atoms with Crippen molar-refractivity contribution in [3.8, 4) is 5.88 Å². The highest BCUT2D eigenvalue weighted by atomic mass is 16.5. The molecule has 2 heterocycles. The predicted octanol–water partition coefficient (Wildman–Crippen LogP) is 1.84. The first-order chi connectivity index (χ1) is 10.8. The number of carbonyl (C=O) groups is 1. The number of nitrogens with zero attached hydrogens (tertiary/aromatic N) is 3. The van der Waals surface area contributed by atoms with Crippen molar-refractivity contribution in [1.29, 1.82) is 0 Å². The molecule has 0 aliphatic carbocycles. The van der Waals surface area contributed by atoms with Crippen LogP contribution in [0.1, 0.15) is 12.0 Å². The molecule has 2 amide bonds. The molecular weight excluding hydrogens is 280 g/mol. The van der Waals surface area contributed by atoms with E-state index in [0.717, 1.165) is 12.0 Å². The van der Waals surface area contributed by atoms with Gasteiger partial charge in [-0.05, 0) is 11.6 Å². The van der Waals surface area contributed by atoms with Gasteiger partial charge >= 0.3 is 6.03 Å². The molecule has 2 aromatic rings. The van der Waals surface area contributed by atoms with E-state index in [1.807, 2.05) is 30.3 Å². The minimum Gasteiger partial charge on any atom is -0.471 e. The van der Waals surface area contributed by atoms with Crippen molar-refractivity contribution in [3.05, 3.63) is 54.2 Å². The summed E-state index contributed by atoms with van der Waals surface area (Å²) >= 11 is 0. The third-order valence-corrected chi connectivity index (χ3v) is 3.55. The molecule has 3 rings (SSSR count). The second-order valence-corrected chi connectivity index (χ2v) is 5.18. The number of urea groups is 1. The van der Waals surface area contributed by atoms with Crippen molar-refractivity contribution in [3.63, 3.8) is 0 Å². The summed E-state index contributed by atoms with van der Waals surface area (Å²) in [5, 5.41) is 10.6. The molecule has 6 heteroatoms. The summed E-state index contributed by atoms with van der Waals surface area (Å²) in [6.07, 6.45) is 2.37. The number of rotatable bonds is 4. The quantitative estimate of drug-likeness (QED) is 0.935. The molecule has 6 nitrogen and oxygen atoms in total. The number of benzene rings is 1. The van der Waals surface area contributed by atoms with Gasteiger partial charge in [0.2, 0.25) is 5.88 Å². The Bertz CT molecular complexity index is 606. The van der Waals surface area contributed by atoms with Gasteiger partial charge in [0.15, 0.2) is 0 Å². The van der Waals surface area contributed by atoms with Crippen molar-refractivity contribution in [1.82, 2.24) is 20.4 Å². The first-order valence-electron chi connectivity index (χ1n) is 7.32. The van der Waals surface area contributed by atoms with Crippen LogP contribution in [0.15, 0.2) is 48.7 Å². The van der Waals surface area contributed by atoms with Gasteiger partial charge in [0, 0.05) is 31.8 Å². The first kappa shape index (κ1) is 14.3. The number of nitrogens with one attached hydrogen (secondary N) is 1. The fourth-order valence-electron chi connectivity index (χ4n) is 2.42. The van der Waals surface area contributed by atoms with Gasteiger partial charge in [0.05, 0.1) is 6.54 Å². The molecule has 1 aromatic carbocycles. The lowest BCUT2D eigenvalue weighted by Crippen LogP contribution is -2.39. The predicted molar refractivity (Wildman–Crippen MR) is 81.3 cm³/mol. The van der Waals surface area contributed by atoms with Gasteiger partial charge in [-0.15, -0.1) is 5.10 Å². The average Bonchev–Trinajstić information content (AvgIpc) is 3.03.